The van der Waals surface area contributed by atoms with Crippen molar-refractivity contribution in [1.82, 2.24) is 4.98 Å². The molecule has 0 aliphatic heterocycles. The molecule has 1 heterocycles. The lowest BCUT2D eigenvalue weighted by molar-refractivity contribution is 0.414. The highest BCUT2D eigenvalue weighted by Gasteiger charge is 2.02. The van der Waals surface area contributed by atoms with Crippen LogP contribution in [-0.4, -0.2) is 12.1 Å². The van der Waals surface area contributed by atoms with E-state index in [9.17, 15) is 0 Å². The van der Waals surface area contributed by atoms with Crippen molar-refractivity contribution < 1.29 is 4.74 Å². The summed E-state index contributed by atoms with van der Waals surface area (Å²) in [6.07, 6.45) is 0. The first kappa shape index (κ1) is 11.4. The number of halogens is 1. The molecule has 0 unspecified atom stereocenters. The number of hydrogen-bond donors (Lipinski definition) is 1. The topological polar surface area (TPSA) is 34.1 Å². The van der Waals surface area contributed by atoms with Crippen molar-refractivity contribution in [1.29, 1.82) is 0 Å². The Balaban J connectivity index is 2.04. The van der Waals surface area contributed by atoms with Gasteiger partial charge in [0.15, 0.2) is 0 Å². The first-order chi connectivity index (χ1) is 7.79. The number of anilines is 1. The van der Waals surface area contributed by atoms with E-state index >= 15 is 0 Å². The number of nitrogens with one attached hydrogen (secondary N) is 1. The van der Waals surface area contributed by atoms with E-state index in [0.29, 0.717) is 0 Å². The monoisotopic (exact) mass is 298 g/mol. The number of methoxy groups -OCH3 is 1. The summed E-state index contributed by atoms with van der Waals surface area (Å²) in [5.41, 5.74) is 3.92. The van der Waals surface area contributed by atoms with Gasteiger partial charge in [0.05, 0.1) is 24.9 Å². The Morgan fingerprint density at radius 2 is 2.38 bits per heavy atom. The second kappa shape index (κ2) is 5.32. The van der Waals surface area contributed by atoms with Crippen LogP contribution in [0.2, 0.25) is 0 Å². The lowest BCUT2D eigenvalue weighted by atomic mass is 10.3. The van der Waals surface area contributed by atoms with Crippen molar-refractivity contribution in [2.45, 2.75) is 6.54 Å². The maximum absolute atomic E-state index is 5.13. The van der Waals surface area contributed by atoms with E-state index in [1.807, 2.05) is 29.1 Å². The SMILES string of the molecule is COc1ccc(NCc2cscn2)c(Br)c1. The molecule has 0 aliphatic rings. The lowest BCUT2D eigenvalue weighted by Crippen LogP contribution is -2.00. The van der Waals surface area contributed by atoms with Gasteiger partial charge in [-0.1, -0.05) is 0 Å². The molecule has 0 fully saturated rings. The fraction of sp³-hybridized carbons (Fsp3) is 0.182. The van der Waals surface area contributed by atoms with E-state index < -0.39 is 0 Å². The van der Waals surface area contributed by atoms with E-state index in [-0.39, 0.29) is 0 Å². The van der Waals surface area contributed by atoms with Gasteiger partial charge in [0.2, 0.25) is 0 Å². The van der Waals surface area contributed by atoms with Crippen molar-refractivity contribution in [2.24, 2.45) is 0 Å². The predicted octanol–water partition coefficient (Wildman–Crippen LogP) is 3.53. The average molecular weight is 299 g/mol. The third-order valence-corrected chi connectivity index (χ3v) is 3.41. The maximum atomic E-state index is 5.13. The molecule has 5 heteroatoms. The van der Waals surface area contributed by atoms with Gasteiger partial charge in [0.25, 0.3) is 0 Å². The summed E-state index contributed by atoms with van der Waals surface area (Å²) < 4.78 is 6.12. The largest absolute Gasteiger partial charge is 0.497 e. The van der Waals surface area contributed by atoms with Crippen LogP contribution in [0.4, 0.5) is 5.69 Å². The van der Waals surface area contributed by atoms with E-state index in [2.05, 4.69) is 26.2 Å². The molecule has 1 aromatic heterocycles. The Kier molecular flexibility index (Phi) is 3.79. The first-order valence-corrected chi connectivity index (χ1v) is 6.47. The van der Waals surface area contributed by atoms with Crippen LogP contribution in [-0.2, 0) is 6.54 Å². The number of thiazole rings is 1. The minimum absolute atomic E-state index is 0.731. The van der Waals surface area contributed by atoms with E-state index in [1.165, 1.54) is 0 Å². The molecule has 0 saturated heterocycles. The fourth-order valence-electron chi connectivity index (χ4n) is 1.28. The first-order valence-electron chi connectivity index (χ1n) is 4.74. The summed E-state index contributed by atoms with van der Waals surface area (Å²) >= 11 is 5.09. The number of ether oxygens (including phenoxy) is 1. The Labute approximate surface area is 107 Å². The number of rotatable bonds is 4. The Morgan fingerprint density at radius 3 is 3.00 bits per heavy atom. The molecule has 0 amide bonds. The molecule has 0 saturated carbocycles. The molecule has 84 valence electrons. The Bertz CT molecular complexity index is 459. The van der Waals surface area contributed by atoms with Crippen molar-refractivity contribution in [2.75, 3.05) is 12.4 Å². The number of aromatic nitrogens is 1. The number of hydrogen-bond acceptors (Lipinski definition) is 4. The standard InChI is InChI=1S/C11H11BrN2OS/c1-15-9-2-3-11(10(12)4-9)13-5-8-6-16-7-14-8/h2-4,6-7,13H,5H2,1H3. The van der Waals surface area contributed by atoms with E-state index in [1.54, 1.807) is 18.4 Å². The van der Waals surface area contributed by atoms with Crippen molar-refractivity contribution in [3.63, 3.8) is 0 Å². The zero-order chi connectivity index (χ0) is 11.4. The van der Waals surface area contributed by atoms with Crippen LogP contribution >= 0.6 is 27.3 Å². The summed E-state index contributed by atoms with van der Waals surface area (Å²) in [6.45, 7) is 0.731. The molecular weight excluding hydrogens is 288 g/mol. The Morgan fingerprint density at radius 1 is 1.50 bits per heavy atom. The van der Waals surface area contributed by atoms with Crippen molar-refractivity contribution in [3.8, 4) is 5.75 Å². The fourth-order valence-corrected chi connectivity index (χ4v) is 2.33. The highest BCUT2D eigenvalue weighted by Crippen LogP contribution is 2.27. The van der Waals surface area contributed by atoms with Gasteiger partial charge in [-0.25, -0.2) is 4.98 Å². The molecule has 0 atom stereocenters. The highest BCUT2D eigenvalue weighted by atomic mass is 79.9. The molecule has 0 aliphatic carbocycles. The number of benzene rings is 1. The molecule has 3 nitrogen and oxygen atoms in total. The maximum Gasteiger partial charge on any atom is 0.120 e. The zero-order valence-electron chi connectivity index (χ0n) is 8.74. The van der Waals surface area contributed by atoms with Crippen LogP contribution in [0, 0.1) is 0 Å². The third kappa shape index (κ3) is 2.74. The van der Waals surface area contributed by atoms with Crippen LogP contribution in [0.25, 0.3) is 0 Å². The summed E-state index contributed by atoms with van der Waals surface area (Å²) in [7, 11) is 1.66. The van der Waals surface area contributed by atoms with Crippen LogP contribution in [0.3, 0.4) is 0 Å². The molecule has 0 bridgehead atoms. The molecule has 1 aromatic carbocycles. The summed E-state index contributed by atoms with van der Waals surface area (Å²) in [5, 5.41) is 5.34. The number of nitrogens with zero attached hydrogens (tertiary/aromatic N) is 1. The van der Waals surface area contributed by atoms with Gasteiger partial charge in [-0.3, -0.25) is 0 Å². The minimum atomic E-state index is 0.731. The summed E-state index contributed by atoms with van der Waals surface area (Å²) in [5.74, 6) is 0.839. The summed E-state index contributed by atoms with van der Waals surface area (Å²) in [6, 6.07) is 5.84. The third-order valence-electron chi connectivity index (χ3n) is 2.12. The van der Waals surface area contributed by atoms with Crippen LogP contribution in [0.15, 0.2) is 33.6 Å². The van der Waals surface area contributed by atoms with Gasteiger partial charge in [-0.05, 0) is 34.1 Å². The van der Waals surface area contributed by atoms with Crippen molar-refractivity contribution >= 4 is 33.0 Å². The molecule has 2 aromatic rings. The highest BCUT2D eigenvalue weighted by molar-refractivity contribution is 9.10. The molecule has 2 rings (SSSR count). The van der Waals surface area contributed by atoms with Gasteiger partial charge in [0.1, 0.15) is 5.75 Å². The second-order valence-electron chi connectivity index (χ2n) is 3.18. The minimum Gasteiger partial charge on any atom is -0.497 e. The van der Waals surface area contributed by atoms with Crippen LogP contribution in [0.1, 0.15) is 5.69 Å². The Hall–Kier alpha value is -1.07. The van der Waals surface area contributed by atoms with E-state index in [4.69, 9.17) is 4.74 Å². The predicted molar refractivity (Wildman–Crippen MR) is 70.1 cm³/mol. The van der Waals surface area contributed by atoms with Crippen molar-refractivity contribution in [3.05, 3.63) is 39.3 Å². The second-order valence-corrected chi connectivity index (χ2v) is 4.75. The normalized spacial score (nSPS) is 10.1. The van der Waals surface area contributed by atoms with E-state index in [0.717, 1.165) is 28.1 Å². The van der Waals surface area contributed by atoms with Gasteiger partial charge in [-0.2, -0.15) is 0 Å². The van der Waals surface area contributed by atoms with Gasteiger partial charge < -0.3 is 10.1 Å². The van der Waals surface area contributed by atoms with Gasteiger partial charge in [-0.15, -0.1) is 11.3 Å². The molecule has 0 spiro atoms. The quantitative estimate of drug-likeness (QED) is 0.938. The van der Waals surface area contributed by atoms with Gasteiger partial charge >= 0.3 is 0 Å². The zero-order valence-corrected chi connectivity index (χ0v) is 11.1. The lowest BCUT2D eigenvalue weighted by Gasteiger charge is -2.08. The summed E-state index contributed by atoms with van der Waals surface area (Å²) in [4.78, 5) is 4.21. The molecule has 0 radical (unpaired) electrons. The van der Waals surface area contributed by atoms with Crippen LogP contribution < -0.4 is 10.1 Å². The molecular formula is C11H11BrN2OS. The average Bonchev–Trinajstić information content (AvgIpc) is 2.80. The smallest absolute Gasteiger partial charge is 0.120 e. The van der Waals surface area contributed by atoms with Gasteiger partial charge in [0, 0.05) is 15.5 Å². The van der Waals surface area contributed by atoms with Crippen LogP contribution in [0.5, 0.6) is 5.75 Å². The molecule has 16 heavy (non-hydrogen) atoms. The molecule has 1 N–H and O–H groups in total.